The highest BCUT2D eigenvalue weighted by atomic mass is 16.4. The van der Waals surface area contributed by atoms with E-state index in [9.17, 15) is 14.7 Å². The first-order valence-corrected chi connectivity index (χ1v) is 6.26. The van der Waals surface area contributed by atoms with Crippen LogP contribution in [-0.2, 0) is 9.59 Å². The third-order valence-corrected chi connectivity index (χ3v) is 3.31. The van der Waals surface area contributed by atoms with Gasteiger partial charge in [-0.2, -0.15) is 0 Å². The number of carboxylic acids is 1. The number of carboxylic acid groups (broad SMARTS) is 1. The molecule has 0 bridgehead atoms. The first-order valence-electron chi connectivity index (χ1n) is 6.26. The third kappa shape index (κ3) is 4.00. The van der Waals surface area contributed by atoms with Crippen LogP contribution in [0.25, 0.3) is 0 Å². The van der Waals surface area contributed by atoms with Gasteiger partial charge in [-0.1, -0.05) is 12.8 Å². The smallest absolute Gasteiger partial charge is 0.329 e. The van der Waals surface area contributed by atoms with Crippen molar-refractivity contribution in [2.45, 2.75) is 63.5 Å². The van der Waals surface area contributed by atoms with Gasteiger partial charge in [-0.25, -0.2) is 4.79 Å². The lowest BCUT2D eigenvalue weighted by Gasteiger charge is -2.25. The number of nitrogens with two attached hydrogens (primary N) is 1. The van der Waals surface area contributed by atoms with Crippen LogP contribution in [0.4, 0.5) is 0 Å². The Hall–Kier alpha value is -1.10. The maximum Gasteiger partial charge on any atom is 0.329 e. The summed E-state index contributed by atoms with van der Waals surface area (Å²) in [5, 5.41) is 11.9. The lowest BCUT2D eigenvalue weighted by atomic mass is 9.97. The number of amides is 1. The van der Waals surface area contributed by atoms with Gasteiger partial charge in [0.15, 0.2) is 0 Å². The molecule has 1 aliphatic rings. The summed E-state index contributed by atoms with van der Waals surface area (Å²) in [4.78, 5) is 22.9. The number of hydrogen-bond donors (Lipinski definition) is 3. The van der Waals surface area contributed by atoms with E-state index >= 15 is 0 Å². The summed E-state index contributed by atoms with van der Waals surface area (Å²) in [5.41, 5.74) is 4.58. The van der Waals surface area contributed by atoms with E-state index in [4.69, 9.17) is 5.73 Å². The van der Waals surface area contributed by atoms with Gasteiger partial charge in [-0.05, 0) is 32.6 Å². The van der Waals surface area contributed by atoms with E-state index in [1.165, 1.54) is 0 Å². The fourth-order valence-corrected chi connectivity index (χ4v) is 2.28. The maximum absolute atomic E-state index is 11.7. The van der Waals surface area contributed by atoms with Crippen molar-refractivity contribution in [3.8, 4) is 0 Å². The number of hydrogen-bond acceptors (Lipinski definition) is 3. The molecule has 4 N–H and O–H groups in total. The Labute approximate surface area is 102 Å². The van der Waals surface area contributed by atoms with Crippen molar-refractivity contribution in [1.82, 2.24) is 5.32 Å². The summed E-state index contributed by atoms with van der Waals surface area (Å²) in [7, 11) is 0. The Bertz CT molecular complexity index is 283. The predicted molar refractivity (Wildman–Crippen MR) is 64.5 cm³/mol. The normalized spacial score (nSPS) is 19.9. The molecule has 5 nitrogen and oxygen atoms in total. The van der Waals surface area contributed by atoms with Gasteiger partial charge < -0.3 is 16.2 Å². The van der Waals surface area contributed by atoms with Crippen LogP contribution >= 0.6 is 0 Å². The van der Waals surface area contributed by atoms with Crippen LogP contribution < -0.4 is 11.1 Å². The molecule has 1 aliphatic carbocycles. The molecule has 0 aliphatic heterocycles. The minimum atomic E-state index is -1.01. The number of rotatable bonds is 6. The average Bonchev–Trinajstić information content (AvgIpc) is 2.66. The zero-order valence-electron chi connectivity index (χ0n) is 10.4. The van der Waals surface area contributed by atoms with Gasteiger partial charge in [-0.3, -0.25) is 4.79 Å². The number of aliphatic carboxylic acids is 1. The fourth-order valence-electron chi connectivity index (χ4n) is 2.28. The SMILES string of the molecule is CC(N)CCCC(=O)NC1(C(=O)O)CCCC1. The second kappa shape index (κ2) is 6.00. The van der Waals surface area contributed by atoms with Crippen molar-refractivity contribution in [2.24, 2.45) is 5.73 Å². The molecule has 0 heterocycles. The van der Waals surface area contributed by atoms with Gasteiger partial charge in [0.05, 0.1) is 0 Å². The van der Waals surface area contributed by atoms with Crippen molar-refractivity contribution < 1.29 is 14.7 Å². The van der Waals surface area contributed by atoms with E-state index < -0.39 is 11.5 Å². The van der Waals surface area contributed by atoms with Crippen LogP contribution in [0.5, 0.6) is 0 Å². The molecule has 17 heavy (non-hydrogen) atoms. The van der Waals surface area contributed by atoms with Crippen molar-refractivity contribution in [3.63, 3.8) is 0 Å². The van der Waals surface area contributed by atoms with Gasteiger partial charge in [0.1, 0.15) is 5.54 Å². The molecule has 0 aromatic rings. The summed E-state index contributed by atoms with van der Waals surface area (Å²) < 4.78 is 0. The quantitative estimate of drug-likeness (QED) is 0.648. The second-order valence-corrected chi connectivity index (χ2v) is 5.01. The highest BCUT2D eigenvalue weighted by molar-refractivity contribution is 5.87. The van der Waals surface area contributed by atoms with Crippen molar-refractivity contribution >= 4 is 11.9 Å². The third-order valence-electron chi connectivity index (χ3n) is 3.31. The molecule has 0 aromatic heterocycles. The molecular weight excluding hydrogens is 220 g/mol. The van der Waals surface area contributed by atoms with Crippen LogP contribution in [0.3, 0.4) is 0 Å². The molecule has 98 valence electrons. The van der Waals surface area contributed by atoms with Crippen LogP contribution in [0.1, 0.15) is 51.9 Å². The molecule has 1 fully saturated rings. The monoisotopic (exact) mass is 242 g/mol. The second-order valence-electron chi connectivity index (χ2n) is 5.01. The maximum atomic E-state index is 11.7. The first kappa shape index (κ1) is 14.0. The van der Waals surface area contributed by atoms with Gasteiger partial charge in [0.2, 0.25) is 5.91 Å². The van der Waals surface area contributed by atoms with Crippen molar-refractivity contribution in [1.29, 1.82) is 0 Å². The first-order chi connectivity index (χ1) is 7.96. The van der Waals surface area contributed by atoms with Gasteiger partial charge in [0.25, 0.3) is 0 Å². The Morgan fingerprint density at radius 1 is 1.41 bits per heavy atom. The van der Waals surface area contributed by atoms with E-state index in [0.717, 1.165) is 19.3 Å². The summed E-state index contributed by atoms with van der Waals surface area (Å²) in [6, 6.07) is 0.0858. The van der Waals surface area contributed by atoms with E-state index in [2.05, 4.69) is 5.32 Å². The van der Waals surface area contributed by atoms with E-state index in [1.54, 1.807) is 0 Å². The summed E-state index contributed by atoms with van der Waals surface area (Å²) in [5.74, 6) is -1.08. The molecule has 0 aromatic carbocycles. The van der Waals surface area contributed by atoms with Crippen molar-refractivity contribution in [3.05, 3.63) is 0 Å². The van der Waals surface area contributed by atoms with Crippen molar-refractivity contribution in [2.75, 3.05) is 0 Å². The topological polar surface area (TPSA) is 92.4 Å². The number of carbonyl (C=O) groups excluding carboxylic acids is 1. The van der Waals surface area contributed by atoms with Gasteiger partial charge in [0, 0.05) is 12.5 Å². The zero-order chi connectivity index (χ0) is 12.9. The summed E-state index contributed by atoms with van der Waals surface area (Å²) >= 11 is 0. The highest BCUT2D eigenvalue weighted by Crippen LogP contribution is 2.30. The van der Waals surface area contributed by atoms with E-state index in [1.807, 2.05) is 6.92 Å². The molecule has 0 radical (unpaired) electrons. The van der Waals surface area contributed by atoms with Gasteiger partial charge in [-0.15, -0.1) is 0 Å². The molecular formula is C12H22N2O3. The van der Waals surface area contributed by atoms with Gasteiger partial charge >= 0.3 is 5.97 Å². The Balaban J connectivity index is 2.40. The van der Waals surface area contributed by atoms with E-state index in [-0.39, 0.29) is 11.9 Å². The molecule has 1 atom stereocenters. The molecule has 1 rings (SSSR count). The van der Waals surface area contributed by atoms with Crippen LogP contribution in [0, 0.1) is 0 Å². The number of nitrogens with one attached hydrogen (secondary N) is 1. The Morgan fingerprint density at radius 3 is 2.47 bits per heavy atom. The van der Waals surface area contributed by atoms with E-state index in [0.29, 0.717) is 25.7 Å². The number of carbonyl (C=O) groups is 2. The van der Waals surface area contributed by atoms with Crippen LogP contribution in [0.2, 0.25) is 0 Å². The molecule has 1 unspecified atom stereocenters. The highest BCUT2D eigenvalue weighted by Gasteiger charge is 2.42. The standard InChI is InChI=1S/C12H22N2O3/c1-9(13)5-4-6-10(15)14-12(11(16)17)7-2-3-8-12/h9H,2-8,13H2,1H3,(H,14,15)(H,16,17). The molecule has 0 saturated heterocycles. The molecule has 1 saturated carbocycles. The predicted octanol–water partition coefficient (Wildman–Crippen LogP) is 1.02. The lowest BCUT2D eigenvalue weighted by molar-refractivity contribution is -0.147. The lowest BCUT2D eigenvalue weighted by Crippen LogP contribution is -2.52. The minimum absolute atomic E-state index is 0.0858. The summed E-state index contributed by atoms with van der Waals surface area (Å²) in [6.07, 6.45) is 4.67. The molecule has 1 amide bonds. The van der Waals surface area contributed by atoms with Crippen LogP contribution in [-0.4, -0.2) is 28.6 Å². The Kier molecular flexibility index (Phi) is 4.93. The fraction of sp³-hybridized carbons (Fsp3) is 0.833. The minimum Gasteiger partial charge on any atom is -0.480 e. The average molecular weight is 242 g/mol. The zero-order valence-corrected chi connectivity index (χ0v) is 10.4. The molecule has 0 spiro atoms. The Morgan fingerprint density at radius 2 is 2.00 bits per heavy atom. The largest absolute Gasteiger partial charge is 0.480 e. The van der Waals surface area contributed by atoms with Crippen LogP contribution in [0.15, 0.2) is 0 Å². The molecule has 5 heteroatoms. The summed E-state index contributed by atoms with van der Waals surface area (Å²) in [6.45, 7) is 1.90.